The third-order valence-electron chi connectivity index (χ3n) is 6.18. The second-order valence-electron chi connectivity index (χ2n) is 8.48. The summed E-state index contributed by atoms with van der Waals surface area (Å²) in [4.78, 5) is 5.49. The van der Waals surface area contributed by atoms with Gasteiger partial charge in [0.15, 0.2) is 5.60 Å². The second-order valence-corrected chi connectivity index (χ2v) is 9.48. The Morgan fingerprint density at radius 1 is 0.906 bits per heavy atom. The molecule has 1 aromatic heterocycles. The normalized spacial score (nSPS) is 24.0. The molecule has 170 valence electrons. The van der Waals surface area contributed by atoms with Crippen LogP contribution in [0.5, 0.6) is 0 Å². The van der Waals surface area contributed by atoms with Gasteiger partial charge in [0.2, 0.25) is 0 Å². The van der Waals surface area contributed by atoms with Crippen molar-refractivity contribution in [2.24, 2.45) is 0 Å². The molecule has 3 N–H and O–H groups in total. The number of aliphatic hydroxyl groups is 3. The molecule has 0 spiro atoms. The molecule has 4 nitrogen and oxygen atoms in total. The SMILES string of the molecule is Cc1ccc(-c2sc(C3(O)CCC(O)(C(F)(F)F)CC3)nc2-c2ccc(CO)cc2)cc1. The fourth-order valence-corrected chi connectivity index (χ4v) is 5.20. The second kappa shape index (κ2) is 8.26. The quantitative estimate of drug-likeness (QED) is 0.489. The third-order valence-corrected chi connectivity index (χ3v) is 7.48. The first-order chi connectivity index (χ1) is 15.0. The number of aryl methyl sites for hydroxylation is 1. The largest absolute Gasteiger partial charge is 0.417 e. The van der Waals surface area contributed by atoms with Crippen molar-refractivity contribution in [1.82, 2.24) is 4.98 Å². The molecule has 1 aliphatic carbocycles. The first-order valence-electron chi connectivity index (χ1n) is 10.3. The van der Waals surface area contributed by atoms with Gasteiger partial charge < -0.3 is 15.3 Å². The summed E-state index contributed by atoms with van der Waals surface area (Å²) in [7, 11) is 0. The fourth-order valence-electron chi connectivity index (χ4n) is 3.96. The summed E-state index contributed by atoms with van der Waals surface area (Å²) in [5, 5.41) is 30.9. The molecule has 4 rings (SSSR count). The molecule has 0 radical (unpaired) electrons. The Kier molecular flexibility index (Phi) is 5.92. The van der Waals surface area contributed by atoms with E-state index in [0.717, 1.165) is 27.1 Å². The number of thiazole rings is 1. The van der Waals surface area contributed by atoms with Crippen LogP contribution in [0.4, 0.5) is 13.2 Å². The van der Waals surface area contributed by atoms with Crippen molar-refractivity contribution in [2.45, 2.75) is 56.6 Å². The number of rotatable bonds is 4. The minimum atomic E-state index is -4.73. The Hall–Kier alpha value is -2.26. The lowest BCUT2D eigenvalue weighted by Gasteiger charge is -2.40. The molecule has 3 aromatic rings. The van der Waals surface area contributed by atoms with Crippen molar-refractivity contribution in [3.8, 4) is 21.7 Å². The van der Waals surface area contributed by atoms with E-state index >= 15 is 0 Å². The van der Waals surface area contributed by atoms with Gasteiger partial charge in [-0.15, -0.1) is 11.3 Å². The summed E-state index contributed by atoms with van der Waals surface area (Å²) in [5.74, 6) is 0. The molecular formula is C24H24F3NO3S. The van der Waals surface area contributed by atoms with Crippen molar-refractivity contribution in [1.29, 1.82) is 0 Å². The highest BCUT2D eigenvalue weighted by Crippen LogP contribution is 2.50. The molecule has 0 saturated heterocycles. The first-order valence-corrected chi connectivity index (χ1v) is 11.2. The number of aliphatic hydroxyl groups excluding tert-OH is 1. The average molecular weight is 464 g/mol. The molecule has 1 heterocycles. The Morgan fingerprint density at radius 2 is 1.47 bits per heavy atom. The van der Waals surface area contributed by atoms with Gasteiger partial charge in [0.05, 0.1) is 17.2 Å². The van der Waals surface area contributed by atoms with E-state index in [0.29, 0.717) is 10.7 Å². The molecule has 0 aliphatic heterocycles. The van der Waals surface area contributed by atoms with E-state index < -0.39 is 30.2 Å². The predicted octanol–water partition coefficient (Wildman–Crippen LogP) is 5.33. The molecule has 0 unspecified atom stereocenters. The lowest BCUT2D eigenvalue weighted by molar-refractivity contribution is -0.279. The number of nitrogens with zero attached hydrogens (tertiary/aromatic N) is 1. The molecule has 0 atom stereocenters. The van der Waals surface area contributed by atoms with Crippen LogP contribution in [0.1, 0.15) is 41.8 Å². The number of hydrogen-bond acceptors (Lipinski definition) is 5. The summed E-state index contributed by atoms with van der Waals surface area (Å²) in [6.45, 7) is 1.89. The number of hydrogen-bond donors (Lipinski definition) is 3. The molecule has 0 amide bonds. The smallest absolute Gasteiger partial charge is 0.392 e. The number of benzene rings is 2. The van der Waals surface area contributed by atoms with Crippen LogP contribution in [-0.2, 0) is 12.2 Å². The highest BCUT2D eigenvalue weighted by atomic mass is 32.1. The van der Waals surface area contributed by atoms with Crippen molar-refractivity contribution in [3.05, 3.63) is 64.7 Å². The van der Waals surface area contributed by atoms with Gasteiger partial charge in [0, 0.05) is 5.56 Å². The van der Waals surface area contributed by atoms with Crippen LogP contribution in [0.25, 0.3) is 21.7 Å². The van der Waals surface area contributed by atoms with E-state index in [-0.39, 0.29) is 19.4 Å². The highest BCUT2D eigenvalue weighted by Gasteiger charge is 2.57. The molecule has 2 aromatic carbocycles. The molecule has 32 heavy (non-hydrogen) atoms. The zero-order valence-corrected chi connectivity index (χ0v) is 18.3. The van der Waals surface area contributed by atoms with E-state index in [9.17, 15) is 28.5 Å². The Bertz CT molecular complexity index is 1080. The van der Waals surface area contributed by atoms with Gasteiger partial charge >= 0.3 is 6.18 Å². The standard InChI is InChI=1S/C24H24F3NO3S/c1-15-2-6-18(7-3-15)20-19(17-8-4-16(14-29)5-9-17)28-21(32-20)22(30)10-12-23(31,13-11-22)24(25,26)27/h2-9,29-31H,10-14H2,1H3. The van der Waals surface area contributed by atoms with Crippen LogP contribution in [0.15, 0.2) is 48.5 Å². The van der Waals surface area contributed by atoms with Crippen LogP contribution in [0.2, 0.25) is 0 Å². The summed E-state index contributed by atoms with van der Waals surface area (Å²) in [6, 6.07) is 15.1. The van der Waals surface area contributed by atoms with E-state index in [1.54, 1.807) is 12.1 Å². The van der Waals surface area contributed by atoms with E-state index in [1.807, 2.05) is 43.3 Å². The molecule has 0 bridgehead atoms. The Labute approximate surface area is 188 Å². The van der Waals surface area contributed by atoms with Gasteiger partial charge in [-0.05, 0) is 43.7 Å². The monoisotopic (exact) mass is 463 g/mol. The molecule has 8 heteroatoms. The minimum Gasteiger partial charge on any atom is -0.392 e. The lowest BCUT2D eigenvalue weighted by Crippen LogP contribution is -2.50. The topological polar surface area (TPSA) is 73.6 Å². The third kappa shape index (κ3) is 4.20. The number of alkyl halides is 3. The molecule has 1 saturated carbocycles. The van der Waals surface area contributed by atoms with Crippen molar-refractivity contribution < 1.29 is 28.5 Å². The maximum atomic E-state index is 13.2. The molecule has 1 aliphatic rings. The van der Waals surface area contributed by atoms with Gasteiger partial charge in [0.1, 0.15) is 10.6 Å². The van der Waals surface area contributed by atoms with Crippen molar-refractivity contribution in [3.63, 3.8) is 0 Å². The number of halogens is 3. The van der Waals surface area contributed by atoms with Gasteiger partial charge in [-0.2, -0.15) is 13.2 Å². The fraction of sp³-hybridized carbons (Fsp3) is 0.375. The zero-order chi connectivity index (χ0) is 23.1. The summed E-state index contributed by atoms with van der Waals surface area (Å²) < 4.78 is 39.7. The summed E-state index contributed by atoms with van der Waals surface area (Å²) in [5.41, 5.74) is -0.172. The maximum absolute atomic E-state index is 13.2. The van der Waals surface area contributed by atoms with E-state index in [1.165, 1.54) is 11.3 Å². The van der Waals surface area contributed by atoms with Crippen LogP contribution in [0.3, 0.4) is 0 Å². The van der Waals surface area contributed by atoms with Crippen LogP contribution < -0.4 is 0 Å². The average Bonchev–Trinajstić information content (AvgIpc) is 3.22. The molecule has 1 fully saturated rings. The predicted molar refractivity (Wildman–Crippen MR) is 117 cm³/mol. The van der Waals surface area contributed by atoms with E-state index in [2.05, 4.69) is 4.98 Å². The van der Waals surface area contributed by atoms with E-state index in [4.69, 9.17) is 0 Å². The van der Waals surface area contributed by atoms with Crippen LogP contribution in [-0.4, -0.2) is 32.1 Å². The Morgan fingerprint density at radius 3 is 2.00 bits per heavy atom. The lowest BCUT2D eigenvalue weighted by atomic mass is 9.76. The van der Waals surface area contributed by atoms with Gasteiger partial charge in [-0.1, -0.05) is 54.1 Å². The van der Waals surface area contributed by atoms with Crippen molar-refractivity contribution >= 4 is 11.3 Å². The first kappa shape index (κ1) is 22.9. The minimum absolute atomic E-state index is 0.0880. The van der Waals surface area contributed by atoms with Crippen LogP contribution >= 0.6 is 11.3 Å². The van der Waals surface area contributed by atoms with Gasteiger partial charge in [-0.25, -0.2) is 4.98 Å². The van der Waals surface area contributed by atoms with Gasteiger partial charge in [0.25, 0.3) is 0 Å². The van der Waals surface area contributed by atoms with Crippen molar-refractivity contribution in [2.75, 3.05) is 0 Å². The van der Waals surface area contributed by atoms with Gasteiger partial charge in [-0.3, -0.25) is 0 Å². The molecular weight excluding hydrogens is 439 g/mol. The summed E-state index contributed by atoms with van der Waals surface area (Å²) >= 11 is 1.26. The highest BCUT2D eigenvalue weighted by molar-refractivity contribution is 7.15. The maximum Gasteiger partial charge on any atom is 0.417 e. The Balaban J connectivity index is 1.74. The zero-order valence-electron chi connectivity index (χ0n) is 17.5. The summed E-state index contributed by atoms with van der Waals surface area (Å²) in [6.07, 6.45) is -6.34. The van der Waals surface area contributed by atoms with Crippen LogP contribution in [0, 0.1) is 6.92 Å². The number of aromatic nitrogens is 1.